The molecule has 130 valence electrons. The lowest BCUT2D eigenvalue weighted by atomic mass is 10.3. The molecule has 0 aromatic heterocycles. The Balaban J connectivity index is 2.48. The van der Waals surface area contributed by atoms with Crippen LogP contribution < -0.4 is 9.62 Å². The van der Waals surface area contributed by atoms with Crippen molar-refractivity contribution in [3.8, 4) is 0 Å². The van der Waals surface area contributed by atoms with Crippen LogP contribution in [0.25, 0.3) is 0 Å². The second kappa shape index (κ2) is 6.60. The molecule has 0 atom stereocenters. The van der Waals surface area contributed by atoms with Gasteiger partial charge in [-0.1, -0.05) is 0 Å². The lowest BCUT2D eigenvalue weighted by Gasteiger charge is -2.14. The average Bonchev–Trinajstić information content (AvgIpc) is 2.51. The van der Waals surface area contributed by atoms with Gasteiger partial charge in [0.15, 0.2) is 28.2 Å². The number of nitrogens with one attached hydrogen (secondary N) is 1. The number of sulfonamides is 1. The summed E-state index contributed by atoms with van der Waals surface area (Å²) in [5.74, 6) is -7.83. The minimum atomic E-state index is -4.82. The third-order valence-electron chi connectivity index (χ3n) is 3.07. The molecule has 24 heavy (non-hydrogen) atoms. The highest BCUT2D eigenvalue weighted by Crippen LogP contribution is 2.32. The van der Waals surface area contributed by atoms with Crippen LogP contribution in [0.3, 0.4) is 0 Å². The zero-order valence-electron chi connectivity index (χ0n) is 12.4. The van der Waals surface area contributed by atoms with Gasteiger partial charge in [0.05, 0.1) is 4.47 Å². The van der Waals surface area contributed by atoms with Gasteiger partial charge in [0.25, 0.3) is 10.0 Å². The van der Waals surface area contributed by atoms with E-state index in [9.17, 15) is 26.0 Å². The van der Waals surface area contributed by atoms with Gasteiger partial charge < -0.3 is 4.90 Å². The fourth-order valence-electron chi connectivity index (χ4n) is 1.85. The van der Waals surface area contributed by atoms with Crippen LogP contribution in [0.2, 0.25) is 0 Å². The lowest BCUT2D eigenvalue weighted by molar-refractivity contribution is 0.406. The van der Waals surface area contributed by atoms with Crippen molar-refractivity contribution < 1.29 is 26.0 Å². The van der Waals surface area contributed by atoms with E-state index in [2.05, 4.69) is 15.9 Å². The third-order valence-corrected chi connectivity index (χ3v) is 5.17. The maximum Gasteiger partial charge on any atom is 0.267 e. The number of nitrogens with zero attached hydrogens (tertiary/aromatic N) is 1. The summed E-state index contributed by atoms with van der Waals surface area (Å²) >= 11 is 2.36. The number of hydrogen-bond acceptors (Lipinski definition) is 3. The van der Waals surface area contributed by atoms with Crippen LogP contribution in [-0.4, -0.2) is 22.5 Å². The van der Waals surface area contributed by atoms with Crippen LogP contribution >= 0.6 is 15.9 Å². The van der Waals surface area contributed by atoms with E-state index in [0.29, 0.717) is 0 Å². The van der Waals surface area contributed by atoms with Gasteiger partial charge in [-0.25, -0.2) is 26.0 Å². The van der Waals surface area contributed by atoms with E-state index in [0.717, 1.165) is 5.69 Å². The highest BCUT2D eigenvalue weighted by Gasteiger charge is 2.32. The first-order chi connectivity index (χ1) is 11.1. The summed E-state index contributed by atoms with van der Waals surface area (Å²) in [6, 6.07) is 5.84. The maximum absolute atomic E-state index is 14.0. The Bertz CT molecular complexity index is 858. The van der Waals surface area contributed by atoms with Gasteiger partial charge in [0, 0.05) is 25.5 Å². The van der Waals surface area contributed by atoms with Crippen molar-refractivity contribution >= 4 is 37.3 Å². The maximum atomic E-state index is 14.0. The van der Waals surface area contributed by atoms with E-state index in [1.807, 2.05) is 4.72 Å². The van der Waals surface area contributed by atoms with E-state index < -0.39 is 42.7 Å². The Hall–Kier alpha value is -1.81. The Morgan fingerprint density at radius 3 is 1.96 bits per heavy atom. The normalized spacial score (nSPS) is 11.5. The second-order valence-corrected chi connectivity index (χ2v) is 7.36. The molecule has 0 bridgehead atoms. The molecular weight excluding hydrogens is 416 g/mol. The molecule has 2 rings (SSSR count). The first-order valence-corrected chi connectivity index (χ1v) is 8.65. The third kappa shape index (κ3) is 3.34. The van der Waals surface area contributed by atoms with Crippen molar-refractivity contribution in [2.45, 2.75) is 4.90 Å². The Kier molecular flexibility index (Phi) is 5.09. The number of rotatable bonds is 4. The fourth-order valence-corrected chi connectivity index (χ4v) is 3.57. The summed E-state index contributed by atoms with van der Waals surface area (Å²) in [5.41, 5.74) is 0.756. The first kappa shape index (κ1) is 18.5. The molecule has 0 spiro atoms. The van der Waals surface area contributed by atoms with E-state index in [-0.39, 0.29) is 5.69 Å². The van der Waals surface area contributed by atoms with Crippen molar-refractivity contribution in [1.29, 1.82) is 0 Å². The van der Waals surface area contributed by atoms with Gasteiger partial charge in [-0.3, -0.25) is 4.72 Å². The SMILES string of the molecule is CN(C)c1ccc(NS(=O)(=O)c2c(F)c(F)c(F)c(Br)c2F)cc1. The molecule has 0 radical (unpaired) electrons. The number of benzene rings is 2. The van der Waals surface area contributed by atoms with Crippen molar-refractivity contribution in [3.63, 3.8) is 0 Å². The molecule has 0 heterocycles. The number of anilines is 2. The van der Waals surface area contributed by atoms with Crippen LogP contribution in [0.1, 0.15) is 0 Å². The van der Waals surface area contributed by atoms with Gasteiger partial charge in [0.1, 0.15) is 0 Å². The molecule has 1 N–H and O–H groups in total. The molecular formula is C14H11BrF4N2O2S. The van der Waals surface area contributed by atoms with Crippen LogP contribution in [0.5, 0.6) is 0 Å². The molecule has 0 saturated carbocycles. The van der Waals surface area contributed by atoms with Gasteiger partial charge >= 0.3 is 0 Å². The topological polar surface area (TPSA) is 49.4 Å². The quantitative estimate of drug-likeness (QED) is 0.458. The molecule has 2 aromatic rings. The molecule has 0 aliphatic carbocycles. The molecule has 0 aliphatic heterocycles. The summed E-state index contributed by atoms with van der Waals surface area (Å²) < 4.78 is 79.5. The highest BCUT2D eigenvalue weighted by molar-refractivity contribution is 9.10. The molecule has 0 amide bonds. The fraction of sp³-hybridized carbons (Fsp3) is 0.143. The van der Waals surface area contributed by atoms with E-state index in [4.69, 9.17) is 0 Å². The molecule has 0 saturated heterocycles. The summed E-state index contributed by atoms with van der Waals surface area (Å²) in [6.45, 7) is 0. The van der Waals surface area contributed by atoms with Gasteiger partial charge in [0.2, 0.25) is 0 Å². The Morgan fingerprint density at radius 2 is 1.46 bits per heavy atom. The van der Waals surface area contributed by atoms with E-state index in [1.54, 1.807) is 31.1 Å². The minimum Gasteiger partial charge on any atom is -0.378 e. The zero-order valence-corrected chi connectivity index (χ0v) is 14.8. The number of hydrogen-bond donors (Lipinski definition) is 1. The van der Waals surface area contributed by atoms with Crippen molar-refractivity contribution in [2.24, 2.45) is 0 Å². The monoisotopic (exact) mass is 426 g/mol. The standard InChI is InChI=1S/C14H11BrF4N2O2S/c1-21(2)8-5-3-7(4-6-8)20-24(22,23)14-11(17)9(15)10(16)12(18)13(14)19/h3-6,20H,1-2H3. The smallest absolute Gasteiger partial charge is 0.267 e. The van der Waals surface area contributed by atoms with Crippen molar-refractivity contribution in [3.05, 3.63) is 52.0 Å². The second-order valence-electron chi connectivity index (χ2n) is 4.95. The molecule has 2 aromatic carbocycles. The molecule has 4 nitrogen and oxygen atoms in total. The Labute approximate surface area is 144 Å². The van der Waals surface area contributed by atoms with Crippen LogP contribution in [0.4, 0.5) is 28.9 Å². The summed E-state index contributed by atoms with van der Waals surface area (Å²) in [5, 5.41) is 0. The zero-order chi connectivity index (χ0) is 18.2. The van der Waals surface area contributed by atoms with Crippen molar-refractivity contribution in [2.75, 3.05) is 23.7 Å². The lowest BCUT2D eigenvalue weighted by Crippen LogP contribution is -2.18. The highest BCUT2D eigenvalue weighted by atomic mass is 79.9. The first-order valence-electron chi connectivity index (χ1n) is 6.38. The summed E-state index contributed by atoms with van der Waals surface area (Å²) in [6.07, 6.45) is 0. The molecule has 0 fully saturated rings. The summed E-state index contributed by atoms with van der Waals surface area (Å²) in [7, 11) is -1.29. The van der Waals surface area contributed by atoms with Gasteiger partial charge in [-0.15, -0.1) is 0 Å². The van der Waals surface area contributed by atoms with E-state index >= 15 is 0 Å². The number of halogens is 5. The largest absolute Gasteiger partial charge is 0.378 e. The van der Waals surface area contributed by atoms with Gasteiger partial charge in [-0.2, -0.15) is 0 Å². The van der Waals surface area contributed by atoms with Crippen molar-refractivity contribution in [1.82, 2.24) is 0 Å². The van der Waals surface area contributed by atoms with E-state index in [1.165, 1.54) is 12.1 Å². The molecule has 0 aliphatic rings. The minimum absolute atomic E-state index is 0.000237. The predicted molar refractivity (Wildman–Crippen MR) is 85.6 cm³/mol. The molecule has 10 heteroatoms. The van der Waals surface area contributed by atoms with Crippen LogP contribution in [-0.2, 0) is 10.0 Å². The summed E-state index contributed by atoms with van der Waals surface area (Å²) in [4.78, 5) is 0.148. The van der Waals surface area contributed by atoms with Crippen LogP contribution in [0.15, 0.2) is 33.6 Å². The predicted octanol–water partition coefficient (Wildman–Crippen LogP) is 3.87. The average molecular weight is 427 g/mol. The molecule has 0 unspecified atom stereocenters. The van der Waals surface area contributed by atoms with Gasteiger partial charge in [-0.05, 0) is 40.2 Å². The van der Waals surface area contributed by atoms with Crippen LogP contribution in [0, 0.1) is 23.3 Å². The Morgan fingerprint density at radius 1 is 0.917 bits per heavy atom.